The first kappa shape index (κ1) is 18.6. The molecule has 2 bridgehead atoms. The third kappa shape index (κ3) is 3.21. The van der Waals surface area contributed by atoms with Crippen molar-refractivity contribution in [3.8, 4) is 0 Å². The number of fused-ring (bicyclic) bond motifs is 7. The second-order valence-electron chi connectivity index (χ2n) is 9.31. The fourth-order valence-electron chi connectivity index (χ4n) is 6.40. The Kier molecular flexibility index (Phi) is 4.52. The molecule has 1 aliphatic heterocycles. The molecule has 1 aromatic heterocycles. The first-order chi connectivity index (χ1) is 15.3. The summed E-state index contributed by atoms with van der Waals surface area (Å²) in [4.78, 5) is 16.9. The van der Waals surface area contributed by atoms with Crippen LogP contribution in [0.25, 0.3) is 0 Å². The molecule has 5 atom stereocenters. The number of carbonyl (C=O) groups excluding carboxylic acids is 1. The predicted molar refractivity (Wildman–Crippen MR) is 122 cm³/mol. The van der Waals surface area contributed by atoms with Crippen LogP contribution in [0.4, 0.5) is 5.69 Å². The van der Waals surface area contributed by atoms with Crippen LogP contribution in [0.15, 0.2) is 73.1 Å². The molecule has 4 heteroatoms. The van der Waals surface area contributed by atoms with E-state index >= 15 is 0 Å². The third-order valence-electron chi connectivity index (χ3n) is 7.71. The van der Waals surface area contributed by atoms with Gasteiger partial charge in [-0.2, -0.15) is 0 Å². The number of aromatic nitrogens is 1. The van der Waals surface area contributed by atoms with Crippen LogP contribution in [0.1, 0.15) is 58.3 Å². The number of carbonyl (C=O) groups is 1. The Bertz CT molecular complexity index is 1100. The van der Waals surface area contributed by atoms with Gasteiger partial charge in [0.1, 0.15) is 0 Å². The van der Waals surface area contributed by atoms with Crippen LogP contribution in [0.5, 0.6) is 0 Å². The molecule has 0 radical (unpaired) electrons. The Labute approximate surface area is 183 Å². The van der Waals surface area contributed by atoms with Gasteiger partial charge in [-0.25, -0.2) is 0 Å². The van der Waals surface area contributed by atoms with Gasteiger partial charge in [0.2, 0.25) is 0 Å². The predicted octanol–water partition coefficient (Wildman–Crippen LogP) is 5.31. The number of rotatable bonds is 4. The molecule has 2 saturated carbocycles. The molecule has 31 heavy (non-hydrogen) atoms. The minimum Gasteiger partial charge on any atom is -0.378 e. The normalized spacial score (nSPS) is 27.8. The highest BCUT2D eigenvalue weighted by atomic mass is 16.1. The highest BCUT2D eigenvalue weighted by Crippen LogP contribution is 2.63. The summed E-state index contributed by atoms with van der Waals surface area (Å²) in [5.41, 5.74) is 5.75. The molecule has 2 N–H and O–H groups in total. The maximum atomic E-state index is 12.9. The van der Waals surface area contributed by atoms with Gasteiger partial charge in [0.15, 0.2) is 0 Å². The van der Waals surface area contributed by atoms with Crippen LogP contribution in [0, 0.1) is 17.8 Å². The van der Waals surface area contributed by atoms with E-state index in [4.69, 9.17) is 0 Å². The lowest BCUT2D eigenvalue weighted by Crippen LogP contribution is -2.35. The van der Waals surface area contributed by atoms with Gasteiger partial charge in [-0.05, 0) is 90.0 Å². The Balaban J connectivity index is 1.30. The lowest BCUT2D eigenvalue weighted by atomic mass is 9.68. The minimum absolute atomic E-state index is 0.00972. The van der Waals surface area contributed by atoms with Gasteiger partial charge in [0.05, 0.1) is 6.04 Å². The zero-order valence-electron chi connectivity index (χ0n) is 17.5. The Morgan fingerprint density at radius 2 is 1.81 bits per heavy atom. The summed E-state index contributed by atoms with van der Waals surface area (Å²) in [6.07, 6.45) is 7.51. The van der Waals surface area contributed by atoms with Crippen molar-refractivity contribution in [1.29, 1.82) is 0 Å². The van der Waals surface area contributed by atoms with Crippen molar-refractivity contribution in [2.45, 2.75) is 37.8 Å². The zero-order chi connectivity index (χ0) is 20.8. The van der Waals surface area contributed by atoms with E-state index in [0.717, 1.165) is 23.0 Å². The van der Waals surface area contributed by atoms with Crippen LogP contribution < -0.4 is 10.6 Å². The summed E-state index contributed by atoms with van der Waals surface area (Å²) in [6.45, 7) is 0.517. The highest BCUT2D eigenvalue weighted by molar-refractivity contribution is 5.95. The lowest BCUT2D eigenvalue weighted by molar-refractivity contribution is 0.0950. The summed E-state index contributed by atoms with van der Waals surface area (Å²) in [7, 11) is 0. The van der Waals surface area contributed by atoms with Crippen molar-refractivity contribution in [2.24, 2.45) is 17.8 Å². The molecule has 2 aromatic carbocycles. The number of hydrogen-bond donors (Lipinski definition) is 2. The van der Waals surface area contributed by atoms with E-state index in [1.165, 1.54) is 36.1 Å². The van der Waals surface area contributed by atoms with Gasteiger partial charge in [-0.1, -0.05) is 30.3 Å². The van der Waals surface area contributed by atoms with Gasteiger partial charge in [0.25, 0.3) is 5.91 Å². The molecule has 3 aliphatic rings. The van der Waals surface area contributed by atoms with Crippen LogP contribution in [-0.4, -0.2) is 10.9 Å². The van der Waals surface area contributed by atoms with Crippen molar-refractivity contribution in [3.05, 3.63) is 95.3 Å². The minimum atomic E-state index is -0.00972. The van der Waals surface area contributed by atoms with E-state index < -0.39 is 0 Å². The van der Waals surface area contributed by atoms with Gasteiger partial charge >= 0.3 is 0 Å². The van der Waals surface area contributed by atoms with Gasteiger partial charge in [0, 0.05) is 30.2 Å². The van der Waals surface area contributed by atoms with Crippen molar-refractivity contribution < 1.29 is 4.79 Å². The van der Waals surface area contributed by atoms with Gasteiger partial charge in [-0.15, -0.1) is 0 Å². The van der Waals surface area contributed by atoms with Crippen molar-refractivity contribution in [2.75, 3.05) is 5.32 Å². The molecular weight excluding hydrogens is 382 g/mol. The van der Waals surface area contributed by atoms with E-state index in [1.54, 1.807) is 12.4 Å². The Morgan fingerprint density at radius 1 is 1.00 bits per heavy atom. The smallest absolute Gasteiger partial charge is 0.251 e. The fourth-order valence-corrected chi connectivity index (χ4v) is 6.40. The quantitative estimate of drug-likeness (QED) is 0.614. The van der Waals surface area contributed by atoms with E-state index in [-0.39, 0.29) is 5.91 Å². The lowest BCUT2D eigenvalue weighted by Gasteiger charge is -2.43. The zero-order valence-corrected chi connectivity index (χ0v) is 17.5. The molecule has 2 fully saturated rings. The molecule has 3 aromatic rings. The number of nitrogens with one attached hydrogen (secondary N) is 2. The number of amides is 1. The second kappa shape index (κ2) is 7.52. The van der Waals surface area contributed by atoms with Gasteiger partial charge < -0.3 is 10.6 Å². The summed E-state index contributed by atoms with van der Waals surface area (Å²) < 4.78 is 0. The summed E-state index contributed by atoms with van der Waals surface area (Å²) in [5, 5.41) is 6.92. The molecular formula is C27H27N3O. The van der Waals surface area contributed by atoms with Gasteiger partial charge in [-0.3, -0.25) is 9.78 Å². The van der Waals surface area contributed by atoms with Crippen LogP contribution in [-0.2, 0) is 6.54 Å². The van der Waals surface area contributed by atoms with Crippen molar-refractivity contribution in [3.63, 3.8) is 0 Å². The summed E-state index contributed by atoms with van der Waals surface area (Å²) in [6, 6.07) is 21.4. The molecule has 156 valence electrons. The Morgan fingerprint density at radius 3 is 2.65 bits per heavy atom. The summed E-state index contributed by atoms with van der Waals surface area (Å²) in [5.74, 6) is 2.68. The van der Waals surface area contributed by atoms with Crippen molar-refractivity contribution in [1.82, 2.24) is 10.3 Å². The molecule has 5 unspecified atom stereocenters. The molecule has 2 heterocycles. The monoisotopic (exact) mass is 409 g/mol. The third-order valence-corrected chi connectivity index (χ3v) is 7.71. The number of hydrogen-bond acceptors (Lipinski definition) is 3. The SMILES string of the molecule is O=C(NCc1ccncc1)c1ccc2c(c1)C1C3CCC(C3)C1C(c1ccccc1)N2. The Hall–Kier alpha value is -3.14. The van der Waals surface area contributed by atoms with Crippen molar-refractivity contribution >= 4 is 11.6 Å². The van der Waals surface area contributed by atoms with Crippen LogP contribution in [0.2, 0.25) is 0 Å². The number of nitrogens with zero attached hydrogens (tertiary/aromatic N) is 1. The molecule has 4 nitrogen and oxygen atoms in total. The first-order valence-corrected chi connectivity index (χ1v) is 11.4. The average molecular weight is 410 g/mol. The van der Waals surface area contributed by atoms with E-state index in [9.17, 15) is 4.79 Å². The highest BCUT2D eigenvalue weighted by Gasteiger charge is 2.53. The van der Waals surface area contributed by atoms with E-state index in [1.807, 2.05) is 18.2 Å². The first-order valence-electron chi connectivity index (χ1n) is 11.4. The molecule has 0 saturated heterocycles. The summed E-state index contributed by atoms with van der Waals surface area (Å²) >= 11 is 0. The van der Waals surface area contributed by atoms with E-state index in [2.05, 4.69) is 58.1 Å². The number of pyridine rings is 1. The average Bonchev–Trinajstić information content (AvgIpc) is 3.46. The second-order valence-corrected chi connectivity index (χ2v) is 9.31. The maximum Gasteiger partial charge on any atom is 0.251 e. The molecule has 0 spiro atoms. The molecule has 6 rings (SSSR count). The number of anilines is 1. The maximum absolute atomic E-state index is 12.9. The standard InChI is InChI=1S/C27H27N3O/c31-27(29-16-17-10-12-28-13-11-17)21-8-9-23-22(15-21)24-19-6-7-20(14-19)25(24)26(30-23)18-4-2-1-3-5-18/h1-5,8-13,15,19-20,24-26,30H,6-7,14,16H2,(H,29,31). The molecule has 2 aliphatic carbocycles. The van der Waals surface area contributed by atoms with Crippen LogP contribution in [0.3, 0.4) is 0 Å². The number of benzene rings is 2. The largest absolute Gasteiger partial charge is 0.378 e. The van der Waals surface area contributed by atoms with Crippen LogP contribution >= 0.6 is 0 Å². The van der Waals surface area contributed by atoms with E-state index in [0.29, 0.717) is 24.4 Å². The topological polar surface area (TPSA) is 54.0 Å². The fraction of sp³-hybridized carbons (Fsp3) is 0.333. The molecule has 1 amide bonds.